The predicted molar refractivity (Wildman–Crippen MR) is 144 cm³/mol. The van der Waals surface area contributed by atoms with E-state index < -0.39 is 22.0 Å². The normalized spacial score (nSPS) is 19.2. The van der Waals surface area contributed by atoms with Crippen LogP contribution in [0.15, 0.2) is 65.9 Å². The number of fused-ring (bicyclic) bond motifs is 1. The van der Waals surface area contributed by atoms with E-state index in [1.807, 2.05) is 6.92 Å². The third kappa shape index (κ3) is 5.95. The summed E-state index contributed by atoms with van der Waals surface area (Å²) in [6, 6.07) is 13.2. The number of aromatic nitrogens is 2. The SMILES string of the molecule is COc1ccc(CCN(C[C@H]2CCC3=C2[C@@H](C)c2cnn(-c4ccc(F)cc4)c2C3)S(=O)(=O)CC(F)(F)F)cc1. The highest BCUT2D eigenvalue weighted by molar-refractivity contribution is 7.89. The largest absolute Gasteiger partial charge is 0.497 e. The monoisotopic (exact) mass is 577 g/mol. The lowest BCUT2D eigenvalue weighted by Crippen LogP contribution is -2.42. The first kappa shape index (κ1) is 28.4. The van der Waals surface area contributed by atoms with Gasteiger partial charge in [-0.25, -0.2) is 21.8 Å². The summed E-state index contributed by atoms with van der Waals surface area (Å²) >= 11 is 0. The molecule has 0 saturated heterocycles. The van der Waals surface area contributed by atoms with Gasteiger partial charge in [0, 0.05) is 31.0 Å². The van der Waals surface area contributed by atoms with Gasteiger partial charge < -0.3 is 4.74 Å². The molecule has 5 rings (SSSR count). The lowest BCUT2D eigenvalue weighted by atomic mass is 9.80. The van der Waals surface area contributed by atoms with E-state index in [2.05, 4.69) is 5.10 Å². The summed E-state index contributed by atoms with van der Waals surface area (Å²) in [6.07, 6.45) is -0.745. The van der Waals surface area contributed by atoms with E-state index in [4.69, 9.17) is 4.74 Å². The van der Waals surface area contributed by atoms with Crippen molar-refractivity contribution in [3.63, 3.8) is 0 Å². The number of sulfonamides is 1. The molecule has 40 heavy (non-hydrogen) atoms. The average molecular weight is 578 g/mol. The molecular formula is C29H31F4N3O3S. The fraction of sp³-hybridized carbons (Fsp3) is 0.414. The predicted octanol–water partition coefficient (Wildman–Crippen LogP) is 5.82. The summed E-state index contributed by atoms with van der Waals surface area (Å²) in [5.74, 6) is -1.82. The van der Waals surface area contributed by atoms with Gasteiger partial charge in [0.05, 0.1) is 24.7 Å². The number of halogens is 4. The second-order valence-corrected chi connectivity index (χ2v) is 12.4. The van der Waals surface area contributed by atoms with E-state index in [0.29, 0.717) is 18.6 Å². The molecule has 0 fully saturated rings. The first-order valence-electron chi connectivity index (χ1n) is 13.2. The molecular weight excluding hydrogens is 546 g/mol. The maximum absolute atomic E-state index is 13.5. The number of rotatable bonds is 9. The van der Waals surface area contributed by atoms with E-state index in [-0.39, 0.29) is 37.2 Å². The van der Waals surface area contributed by atoms with E-state index in [9.17, 15) is 26.0 Å². The van der Waals surface area contributed by atoms with Crippen molar-refractivity contribution in [3.8, 4) is 11.4 Å². The van der Waals surface area contributed by atoms with E-state index in [0.717, 1.165) is 38.8 Å². The Bertz CT molecular complexity index is 1500. The van der Waals surface area contributed by atoms with Crippen molar-refractivity contribution in [1.82, 2.24) is 14.1 Å². The Hall–Kier alpha value is -3.18. The molecule has 0 amide bonds. The van der Waals surface area contributed by atoms with Gasteiger partial charge in [-0.3, -0.25) is 0 Å². The zero-order chi connectivity index (χ0) is 28.7. The van der Waals surface area contributed by atoms with Gasteiger partial charge >= 0.3 is 6.18 Å². The Kier molecular flexibility index (Phi) is 7.80. The second kappa shape index (κ2) is 11.0. The number of alkyl halides is 3. The first-order chi connectivity index (χ1) is 18.9. The quantitative estimate of drug-likeness (QED) is 0.237. The average Bonchev–Trinajstić information content (AvgIpc) is 3.51. The van der Waals surface area contributed by atoms with E-state index >= 15 is 0 Å². The van der Waals surface area contributed by atoms with Gasteiger partial charge in [0.25, 0.3) is 0 Å². The highest BCUT2D eigenvalue weighted by Gasteiger charge is 2.42. The highest BCUT2D eigenvalue weighted by atomic mass is 32.2. The molecule has 0 radical (unpaired) electrons. The Morgan fingerprint density at radius 2 is 1.80 bits per heavy atom. The standard InChI is InChI=1S/C29H31F4N3O3S/c1-19-26-16-34-36(24-9-7-23(30)8-10-24)27(26)15-21-5-6-22(28(19)21)17-35(40(37,38)18-29(31,32)33)14-13-20-3-11-25(39-2)12-4-20/h3-4,7-12,16,19,22H,5-6,13-15,17-18H2,1-2H3/t19-,22+/m0/s1. The summed E-state index contributed by atoms with van der Waals surface area (Å²) in [5.41, 5.74) is 5.83. The summed E-state index contributed by atoms with van der Waals surface area (Å²) in [5, 5.41) is 4.54. The number of hydrogen-bond acceptors (Lipinski definition) is 4. The topological polar surface area (TPSA) is 64.4 Å². The minimum absolute atomic E-state index is 0.000819. The van der Waals surface area contributed by atoms with Gasteiger partial charge in [-0.1, -0.05) is 30.2 Å². The van der Waals surface area contributed by atoms with E-state index in [1.54, 1.807) is 47.3 Å². The van der Waals surface area contributed by atoms with Crippen LogP contribution in [0.2, 0.25) is 0 Å². The highest BCUT2D eigenvalue weighted by Crippen LogP contribution is 2.47. The lowest BCUT2D eigenvalue weighted by molar-refractivity contribution is -0.107. The summed E-state index contributed by atoms with van der Waals surface area (Å²) < 4.78 is 87.3. The second-order valence-electron chi connectivity index (χ2n) is 10.5. The molecule has 6 nitrogen and oxygen atoms in total. The summed E-state index contributed by atoms with van der Waals surface area (Å²) in [6.45, 7) is 1.99. The Balaban J connectivity index is 1.38. The van der Waals surface area contributed by atoms with Crippen LogP contribution in [0, 0.1) is 11.7 Å². The Labute approximate surface area is 231 Å². The van der Waals surface area contributed by atoms with Crippen LogP contribution < -0.4 is 4.74 Å². The molecule has 2 aliphatic carbocycles. The maximum atomic E-state index is 13.5. The Morgan fingerprint density at radius 3 is 2.45 bits per heavy atom. The van der Waals surface area contributed by atoms with Crippen molar-refractivity contribution in [1.29, 1.82) is 0 Å². The molecule has 0 bridgehead atoms. The van der Waals surface area contributed by atoms with Gasteiger partial charge in [0.15, 0.2) is 5.75 Å². The van der Waals surface area contributed by atoms with Crippen LogP contribution in [0.4, 0.5) is 17.6 Å². The molecule has 3 aromatic rings. The summed E-state index contributed by atoms with van der Waals surface area (Å²) in [7, 11) is -3.05. The van der Waals surface area contributed by atoms with Crippen LogP contribution >= 0.6 is 0 Å². The molecule has 0 spiro atoms. The molecule has 11 heteroatoms. The number of benzene rings is 2. The maximum Gasteiger partial charge on any atom is 0.404 e. The molecule has 1 aromatic heterocycles. The number of methoxy groups -OCH3 is 1. The molecule has 0 unspecified atom stereocenters. The van der Waals surface area contributed by atoms with Crippen LogP contribution in [-0.2, 0) is 22.9 Å². The van der Waals surface area contributed by atoms with Crippen LogP contribution in [0.5, 0.6) is 5.75 Å². The number of allylic oxidation sites excluding steroid dienone is 1. The van der Waals surface area contributed by atoms with Gasteiger partial charge in [0.1, 0.15) is 11.6 Å². The van der Waals surface area contributed by atoms with E-state index in [1.165, 1.54) is 24.8 Å². The van der Waals surface area contributed by atoms with Gasteiger partial charge in [0.2, 0.25) is 10.0 Å². The van der Waals surface area contributed by atoms with Gasteiger partial charge in [-0.2, -0.15) is 18.3 Å². The van der Waals surface area contributed by atoms with Crippen molar-refractivity contribution in [3.05, 3.63) is 88.5 Å². The zero-order valence-corrected chi connectivity index (χ0v) is 23.1. The number of nitrogens with zero attached hydrogens (tertiary/aromatic N) is 3. The smallest absolute Gasteiger partial charge is 0.404 e. The first-order valence-corrected chi connectivity index (χ1v) is 14.8. The van der Waals surface area contributed by atoms with Crippen molar-refractivity contribution in [2.45, 2.75) is 44.7 Å². The third-order valence-corrected chi connectivity index (χ3v) is 9.71. The number of ether oxygens (including phenoxy) is 1. The molecule has 0 N–H and O–H groups in total. The molecule has 0 saturated carbocycles. The third-order valence-electron chi connectivity index (χ3n) is 7.90. The minimum Gasteiger partial charge on any atom is -0.497 e. The van der Waals surface area contributed by atoms with Crippen LogP contribution in [0.1, 0.15) is 42.5 Å². The lowest BCUT2D eigenvalue weighted by Gasteiger charge is -2.31. The minimum atomic E-state index is -4.83. The van der Waals surface area contributed by atoms with Gasteiger partial charge in [-0.05, 0) is 67.1 Å². The molecule has 0 aliphatic heterocycles. The van der Waals surface area contributed by atoms with Crippen LogP contribution in [0.3, 0.4) is 0 Å². The fourth-order valence-corrected chi connectivity index (χ4v) is 7.38. The number of hydrogen-bond donors (Lipinski definition) is 0. The molecule has 214 valence electrons. The molecule has 1 heterocycles. The van der Waals surface area contributed by atoms with Crippen molar-refractivity contribution in [2.75, 3.05) is 26.0 Å². The van der Waals surface area contributed by atoms with Crippen molar-refractivity contribution in [2.24, 2.45) is 5.92 Å². The Morgan fingerprint density at radius 1 is 1.10 bits per heavy atom. The molecule has 2 atom stereocenters. The van der Waals surface area contributed by atoms with Crippen molar-refractivity contribution < 1.29 is 30.7 Å². The van der Waals surface area contributed by atoms with Crippen LogP contribution in [-0.4, -0.2) is 54.6 Å². The molecule has 2 aliphatic rings. The van der Waals surface area contributed by atoms with Crippen molar-refractivity contribution >= 4 is 10.0 Å². The summed E-state index contributed by atoms with van der Waals surface area (Å²) in [4.78, 5) is 0. The van der Waals surface area contributed by atoms with Gasteiger partial charge in [-0.15, -0.1) is 0 Å². The molecule has 2 aromatic carbocycles. The van der Waals surface area contributed by atoms with Crippen LogP contribution in [0.25, 0.3) is 5.69 Å². The fourth-order valence-electron chi connectivity index (χ4n) is 6.01. The zero-order valence-electron chi connectivity index (χ0n) is 22.3.